The van der Waals surface area contributed by atoms with Crippen molar-refractivity contribution in [1.82, 2.24) is 25.4 Å². The zero-order valence-electron chi connectivity index (χ0n) is 11.1. The summed E-state index contributed by atoms with van der Waals surface area (Å²) in [6.45, 7) is 4.84. The number of pyridine rings is 1. The number of aromatic amines is 1. The number of morpholine rings is 1. The molecule has 3 heterocycles. The van der Waals surface area contributed by atoms with Crippen LogP contribution in [-0.2, 0) is 4.74 Å². The summed E-state index contributed by atoms with van der Waals surface area (Å²) in [6, 6.07) is 3.55. The van der Waals surface area contributed by atoms with E-state index >= 15 is 0 Å². The maximum atomic E-state index is 12.0. The molecule has 3 rings (SSSR count). The van der Waals surface area contributed by atoms with Gasteiger partial charge >= 0.3 is 0 Å². The molecule has 0 atom stereocenters. The van der Waals surface area contributed by atoms with Crippen LogP contribution in [0.25, 0.3) is 11.0 Å². The number of aromatic nitrogens is 3. The molecule has 20 heavy (non-hydrogen) atoms. The molecule has 2 N–H and O–H groups in total. The van der Waals surface area contributed by atoms with E-state index in [1.807, 2.05) is 6.07 Å². The molecule has 0 aromatic carbocycles. The topological polar surface area (TPSA) is 83.1 Å². The molecule has 7 heteroatoms. The molecule has 0 saturated carbocycles. The summed E-state index contributed by atoms with van der Waals surface area (Å²) in [5.74, 6) is -0.158. The lowest BCUT2D eigenvalue weighted by molar-refractivity contribution is 0.0383. The smallest absolute Gasteiger partial charge is 0.270 e. The Morgan fingerprint density at radius 1 is 1.40 bits per heavy atom. The fraction of sp³-hybridized carbons (Fsp3) is 0.462. The average Bonchev–Trinajstić information content (AvgIpc) is 2.95. The number of hydrogen-bond donors (Lipinski definition) is 2. The molecule has 0 spiro atoms. The Morgan fingerprint density at radius 3 is 3.10 bits per heavy atom. The Morgan fingerprint density at radius 2 is 2.25 bits per heavy atom. The Bertz CT molecular complexity index is 591. The van der Waals surface area contributed by atoms with Crippen LogP contribution in [0.5, 0.6) is 0 Å². The number of nitrogens with one attached hydrogen (secondary N) is 2. The Hall–Kier alpha value is -1.99. The van der Waals surface area contributed by atoms with E-state index in [0.29, 0.717) is 17.9 Å². The first-order valence-corrected chi connectivity index (χ1v) is 6.71. The van der Waals surface area contributed by atoms with Gasteiger partial charge in [0, 0.05) is 31.6 Å². The molecule has 0 radical (unpaired) electrons. The van der Waals surface area contributed by atoms with Gasteiger partial charge in [-0.1, -0.05) is 0 Å². The summed E-state index contributed by atoms with van der Waals surface area (Å²) in [6.07, 6.45) is 1.68. The molecule has 1 aliphatic rings. The number of hydrogen-bond acceptors (Lipinski definition) is 5. The summed E-state index contributed by atoms with van der Waals surface area (Å²) in [7, 11) is 0. The van der Waals surface area contributed by atoms with Gasteiger partial charge in [-0.3, -0.25) is 14.8 Å². The van der Waals surface area contributed by atoms with Gasteiger partial charge in [0.15, 0.2) is 5.65 Å². The first kappa shape index (κ1) is 13.0. The van der Waals surface area contributed by atoms with Crippen molar-refractivity contribution in [3.63, 3.8) is 0 Å². The van der Waals surface area contributed by atoms with Crippen molar-refractivity contribution in [1.29, 1.82) is 0 Å². The quantitative estimate of drug-likeness (QED) is 0.822. The minimum Gasteiger partial charge on any atom is -0.379 e. The number of nitrogens with zero attached hydrogens (tertiary/aromatic N) is 3. The average molecular weight is 275 g/mol. The Labute approximate surface area is 116 Å². The van der Waals surface area contributed by atoms with Crippen molar-refractivity contribution < 1.29 is 9.53 Å². The number of ether oxygens (including phenoxy) is 1. The number of amides is 1. The van der Waals surface area contributed by atoms with Crippen molar-refractivity contribution in [2.24, 2.45) is 0 Å². The molecule has 2 aromatic rings. The molecule has 106 valence electrons. The van der Waals surface area contributed by atoms with Crippen LogP contribution in [0.2, 0.25) is 0 Å². The Kier molecular flexibility index (Phi) is 3.89. The van der Waals surface area contributed by atoms with Crippen LogP contribution in [0.15, 0.2) is 18.3 Å². The molecule has 1 fully saturated rings. The number of rotatable bonds is 4. The fourth-order valence-electron chi connectivity index (χ4n) is 2.20. The highest BCUT2D eigenvalue weighted by Crippen LogP contribution is 2.08. The van der Waals surface area contributed by atoms with Gasteiger partial charge in [-0.2, -0.15) is 5.10 Å². The molecular weight excluding hydrogens is 258 g/mol. The van der Waals surface area contributed by atoms with Crippen molar-refractivity contribution in [2.45, 2.75) is 0 Å². The molecule has 7 nitrogen and oxygen atoms in total. The van der Waals surface area contributed by atoms with Crippen LogP contribution < -0.4 is 5.32 Å². The lowest BCUT2D eigenvalue weighted by Crippen LogP contribution is -2.41. The van der Waals surface area contributed by atoms with E-state index in [0.717, 1.165) is 38.2 Å². The van der Waals surface area contributed by atoms with Gasteiger partial charge in [-0.15, -0.1) is 0 Å². The van der Waals surface area contributed by atoms with Gasteiger partial charge in [0.05, 0.1) is 19.4 Å². The van der Waals surface area contributed by atoms with E-state index in [1.54, 1.807) is 12.3 Å². The lowest BCUT2D eigenvalue weighted by Gasteiger charge is -2.26. The van der Waals surface area contributed by atoms with Gasteiger partial charge in [0.25, 0.3) is 5.91 Å². The van der Waals surface area contributed by atoms with Gasteiger partial charge in [0.1, 0.15) is 5.69 Å². The van der Waals surface area contributed by atoms with Crippen molar-refractivity contribution in [3.05, 3.63) is 24.0 Å². The van der Waals surface area contributed by atoms with E-state index < -0.39 is 0 Å². The molecule has 0 bridgehead atoms. The Balaban J connectivity index is 1.53. The fourth-order valence-corrected chi connectivity index (χ4v) is 2.20. The van der Waals surface area contributed by atoms with Gasteiger partial charge in [-0.25, -0.2) is 4.98 Å². The molecule has 1 amide bonds. The highest BCUT2D eigenvalue weighted by Gasteiger charge is 2.12. The third kappa shape index (κ3) is 2.94. The molecule has 2 aromatic heterocycles. The van der Waals surface area contributed by atoms with Crippen molar-refractivity contribution in [3.8, 4) is 0 Å². The van der Waals surface area contributed by atoms with E-state index in [-0.39, 0.29) is 5.91 Å². The maximum absolute atomic E-state index is 12.0. The number of H-pyrrole nitrogens is 1. The van der Waals surface area contributed by atoms with E-state index in [1.165, 1.54) is 0 Å². The van der Waals surface area contributed by atoms with Crippen LogP contribution in [-0.4, -0.2) is 65.4 Å². The van der Waals surface area contributed by atoms with E-state index in [2.05, 4.69) is 25.4 Å². The number of carbonyl (C=O) groups excluding carboxylic acids is 1. The largest absolute Gasteiger partial charge is 0.379 e. The zero-order valence-corrected chi connectivity index (χ0v) is 11.1. The highest BCUT2D eigenvalue weighted by molar-refractivity contribution is 5.94. The molecule has 0 aliphatic carbocycles. The van der Waals surface area contributed by atoms with Crippen LogP contribution in [0.3, 0.4) is 0 Å². The summed E-state index contributed by atoms with van der Waals surface area (Å²) in [4.78, 5) is 18.5. The predicted octanol–water partition coefficient (Wildman–Crippen LogP) is 0.0199. The normalized spacial score (nSPS) is 16.4. The van der Waals surface area contributed by atoms with Crippen LogP contribution in [0, 0.1) is 0 Å². The summed E-state index contributed by atoms with van der Waals surface area (Å²) in [5.41, 5.74) is 1.04. The minimum atomic E-state index is -0.158. The van der Waals surface area contributed by atoms with Gasteiger partial charge in [0.2, 0.25) is 0 Å². The van der Waals surface area contributed by atoms with Crippen LogP contribution in [0.1, 0.15) is 10.5 Å². The second-order valence-corrected chi connectivity index (χ2v) is 4.71. The second kappa shape index (κ2) is 5.98. The first-order valence-electron chi connectivity index (χ1n) is 6.71. The molecule has 1 aliphatic heterocycles. The third-order valence-electron chi connectivity index (χ3n) is 3.35. The summed E-state index contributed by atoms with van der Waals surface area (Å²) >= 11 is 0. The SMILES string of the molecule is O=C(NCCN1CCOCC1)c1ccc2cn[nH]c2n1. The molecular formula is C13H17N5O2. The lowest BCUT2D eigenvalue weighted by atomic mass is 10.3. The first-order chi connectivity index (χ1) is 9.83. The standard InChI is InChI=1S/C13H17N5O2/c19-13(14-3-4-18-5-7-20-8-6-18)11-2-1-10-9-15-17-12(10)16-11/h1-2,9H,3-8H2,(H,14,19)(H,15,16,17). The number of carbonyl (C=O) groups is 1. The minimum absolute atomic E-state index is 0.158. The van der Waals surface area contributed by atoms with Crippen molar-refractivity contribution >= 4 is 16.9 Å². The second-order valence-electron chi connectivity index (χ2n) is 4.71. The summed E-state index contributed by atoms with van der Waals surface area (Å²) in [5, 5.41) is 10.4. The van der Waals surface area contributed by atoms with Crippen molar-refractivity contribution in [2.75, 3.05) is 39.4 Å². The molecule has 0 unspecified atom stereocenters. The third-order valence-corrected chi connectivity index (χ3v) is 3.35. The van der Waals surface area contributed by atoms with Crippen LogP contribution in [0.4, 0.5) is 0 Å². The predicted molar refractivity (Wildman–Crippen MR) is 73.5 cm³/mol. The maximum Gasteiger partial charge on any atom is 0.270 e. The monoisotopic (exact) mass is 275 g/mol. The molecule has 1 saturated heterocycles. The van der Waals surface area contributed by atoms with Crippen LogP contribution >= 0.6 is 0 Å². The highest BCUT2D eigenvalue weighted by atomic mass is 16.5. The van der Waals surface area contributed by atoms with Gasteiger partial charge in [-0.05, 0) is 12.1 Å². The van der Waals surface area contributed by atoms with Gasteiger partial charge < -0.3 is 10.1 Å². The zero-order chi connectivity index (χ0) is 13.8. The van der Waals surface area contributed by atoms with E-state index in [4.69, 9.17) is 4.74 Å². The summed E-state index contributed by atoms with van der Waals surface area (Å²) < 4.78 is 5.28. The van der Waals surface area contributed by atoms with E-state index in [9.17, 15) is 4.79 Å². The number of fused-ring (bicyclic) bond motifs is 1.